The summed E-state index contributed by atoms with van der Waals surface area (Å²) in [5, 5.41) is 3.80. The lowest BCUT2D eigenvalue weighted by Gasteiger charge is -2.16. The standard InChI is InChI=1S/C25H20Cl2N6O4S/c1-12-4-13(14-5-21(27)29-9-19(14)36-2)15(7-28-12)23(34)32-25-31-18-10-33(11-20(18)38-25)24(35)16-8-30-22(37-3)6-17(16)26/h4-9H,10-11H2,1-3H3,(H,31,32,34). The van der Waals surface area contributed by atoms with Gasteiger partial charge in [-0.3, -0.25) is 19.9 Å². The number of halogens is 2. The van der Waals surface area contributed by atoms with Gasteiger partial charge >= 0.3 is 0 Å². The van der Waals surface area contributed by atoms with E-state index in [-0.39, 0.29) is 34.1 Å². The molecule has 0 bridgehead atoms. The fourth-order valence-corrected chi connectivity index (χ4v) is 5.37. The number of ether oxygens (including phenoxy) is 2. The van der Waals surface area contributed by atoms with Crippen LogP contribution in [0.4, 0.5) is 5.13 Å². The molecule has 0 radical (unpaired) electrons. The number of carbonyl (C=O) groups excluding carboxylic acids is 2. The number of rotatable bonds is 6. The van der Waals surface area contributed by atoms with Crippen molar-refractivity contribution in [3.05, 3.63) is 74.4 Å². The molecule has 0 unspecified atom stereocenters. The van der Waals surface area contributed by atoms with Crippen molar-refractivity contribution in [2.45, 2.75) is 20.0 Å². The third kappa shape index (κ3) is 5.00. The molecule has 1 aliphatic rings. The predicted octanol–water partition coefficient (Wildman–Crippen LogP) is 5.04. The average molecular weight is 571 g/mol. The Morgan fingerprint density at radius 3 is 2.47 bits per heavy atom. The Labute approximate surface area is 231 Å². The number of hydrogen-bond donors (Lipinski definition) is 1. The molecule has 5 heterocycles. The normalized spacial score (nSPS) is 12.3. The van der Waals surface area contributed by atoms with E-state index in [2.05, 4.69) is 25.3 Å². The highest BCUT2D eigenvalue weighted by atomic mass is 35.5. The van der Waals surface area contributed by atoms with Gasteiger partial charge in [0.25, 0.3) is 11.8 Å². The zero-order valence-corrected chi connectivity index (χ0v) is 22.7. The summed E-state index contributed by atoms with van der Waals surface area (Å²) in [6, 6.07) is 4.92. The van der Waals surface area contributed by atoms with Crippen molar-refractivity contribution in [2.75, 3.05) is 19.5 Å². The van der Waals surface area contributed by atoms with E-state index in [4.69, 9.17) is 32.7 Å². The highest BCUT2D eigenvalue weighted by Crippen LogP contribution is 2.36. The molecule has 0 fully saturated rings. The van der Waals surface area contributed by atoms with Crippen molar-refractivity contribution in [3.63, 3.8) is 0 Å². The highest BCUT2D eigenvalue weighted by molar-refractivity contribution is 7.16. The first-order valence-electron chi connectivity index (χ1n) is 11.2. The second kappa shape index (κ2) is 10.5. The number of aryl methyl sites for hydroxylation is 1. The van der Waals surface area contributed by atoms with Crippen molar-refractivity contribution < 1.29 is 19.1 Å². The number of amides is 2. The van der Waals surface area contributed by atoms with Gasteiger partial charge < -0.3 is 14.4 Å². The van der Waals surface area contributed by atoms with Crippen LogP contribution in [0.5, 0.6) is 11.6 Å². The second-order valence-corrected chi connectivity index (χ2v) is 10.2. The first-order valence-corrected chi connectivity index (χ1v) is 12.8. The lowest BCUT2D eigenvalue weighted by molar-refractivity contribution is 0.0750. The summed E-state index contributed by atoms with van der Waals surface area (Å²) < 4.78 is 10.5. The number of pyridine rings is 3. The van der Waals surface area contributed by atoms with E-state index in [1.807, 2.05) is 6.92 Å². The van der Waals surface area contributed by atoms with Crippen LogP contribution in [-0.2, 0) is 13.1 Å². The molecule has 4 aromatic heterocycles. The minimum atomic E-state index is -0.390. The van der Waals surface area contributed by atoms with Crippen LogP contribution < -0.4 is 14.8 Å². The van der Waals surface area contributed by atoms with E-state index in [1.54, 1.807) is 17.0 Å². The summed E-state index contributed by atoms with van der Waals surface area (Å²) in [7, 11) is 2.99. The van der Waals surface area contributed by atoms with Gasteiger partial charge in [0, 0.05) is 35.3 Å². The van der Waals surface area contributed by atoms with Gasteiger partial charge in [0.2, 0.25) is 5.88 Å². The Bertz CT molecular complexity index is 1550. The second-order valence-electron chi connectivity index (χ2n) is 8.29. The van der Waals surface area contributed by atoms with Crippen molar-refractivity contribution in [2.24, 2.45) is 0 Å². The fraction of sp³-hybridized carbons (Fsp3) is 0.200. The Morgan fingerprint density at radius 1 is 0.974 bits per heavy atom. The van der Waals surface area contributed by atoms with Crippen LogP contribution in [0.2, 0.25) is 10.2 Å². The van der Waals surface area contributed by atoms with Crippen LogP contribution in [0.25, 0.3) is 11.1 Å². The van der Waals surface area contributed by atoms with Crippen LogP contribution in [-0.4, -0.2) is 50.9 Å². The van der Waals surface area contributed by atoms with E-state index in [0.717, 1.165) is 10.6 Å². The summed E-state index contributed by atoms with van der Waals surface area (Å²) in [5.41, 5.74) is 3.25. The van der Waals surface area contributed by atoms with Gasteiger partial charge in [0.05, 0.1) is 60.2 Å². The van der Waals surface area contributed by atoms with Gasteiger partial charge in [-0.15, -0.1) is 0 Å². The number of methoxy groups -OCH3 is 2. The molecule has 13 heteroatoms. The lowest BCUT2D eigenvalue weighted by atomic mass is 10.0. The summed E-state index contributed by atoms with van der Waals surface area (Å²) in [4.78, 5) is 45.8. The molecule has 194 valence electrons. The molecule has 1 N–H and O–H groups in total. The molecule has 0 aromatic carbocycles. The van der Waals surface area contributed by atoms with Gasteiger partial charge in [-0.25, -0.2) is 15.0 Å². The summed E-state index contributed by atoms with van der Waals surface area (Å²) in [5.74, 6) is 0.144. The number of fused-ring (bicyclic) bond motifs is 1. The third-order valence-electron chi connectivity index (χ3n) is 5.86. The molecule has 0 atom stereocenters. The number of aromatic nitrogens is 4. The largest absolute Gasteiger partial charge is 0.494 e. The SMILES string of the molecule is COc1cc(Cl)c(C(=O)N2Cc3nc(NC(=O)c4cnc(C)cc4-c4cc(Cl)ncc4OC)sc3C2)cn1. The molecule has 0 aliphatic carbocycles. The molecular weight excluding hydrogens is 551 g/mol. The van der Waals surface area contributed by atoms with Gasteiger partial charge in [-0.1, -0.05) is 34.5 Å². The number of nitrogens with one attached hydrogen (secondary N) is 1. The Morgan fingerprint density at radius 2 is 1.76 bits per heavy atom. The summed E-state index contributed by atoms with van der Waals surface area (Å²) >= 11 is 13.7. The Kier molecular flexibility index (Phi) is 7.15. The first-order chi connectivity index (χ1) is 18.3. The van der Waals surface area contributed by atoms with E-state index in [9.17, 15) is 9.59 Å². The fourth-order valence-electron chi connectivity index (χ4n) is 4.01. The summed E-state index contributed by atoms with van der Waals surface area (Å²) in [6.45, 7) is 2.45. The highest BCUT2D eigenvalue weighted by Gasteiger charge is 2.30. The maximum absolute atomic E-state index is 13.3. The number of anilines is 1. The Balaban J connectivity index is 1.34. The molecule has 0 saturated heterocycles. The van der Waals surface area contributed by atoms with Crippen molar-refractivity contribution in [1.82, 2.24) is 24.8 Å². The number of hydrogen-bond acceptors (Lipinski definition) is 9. The minimum absolute atomic E-state index is 0.257. The number of carbonyl (C=O) groups is 2. The zero-order chi connectivity index (χ0) is 27.0. The molecule has 2 amide bonds. The molecule has 38 heavy (non-hydrogen) atoms. The zero-order valence-electron chi connectivity index (χ0n) is 20.4. The monoisotopic (exact) mass is 570 g/mol. The van der Waals surface area contributed by atoms with E-state index >= 15 is 0 Å². The molecule has 5 rings (SSSR count). The topological polar surface area (TPSA) is 119 Å². The molecule has 0 saturated carbocycles. The third-order valence-corrected chi connectivity index (χ3v) is 7.38. The van der Waals surface area contributed by atoms with E-state index < -0.39 is 0 Å². The molecular formula is C25H20Cl2N6O4S. The van der Waals surface area contributed by atoms with E-state index in [1.165, 1.54) is 50.2 Å². The average Bonchev–Trinajstić information content (AvgIpc) is 3.47. The minimum Gasteiger partial charge on any atom is -0.494 e. The number of thiazole rings is 1. The number of nitrogens with zero attached hydrogens (tertiary/aromatic N) is 5. The maximum Gasteiger partial charge on any atom is 0.259 e. The molecule has 4 aromatic rings. The van der Waals surface area contributed by atoms with E-state index in [0.29, 0.717) is 45.7 Å². The van der Waals surface area contributed by atoms with Crippen LogP contribution in [0.3, 0.4) is 0 Å². The van der Waals surface area contributed by atoms with Gasteiger partial charge in [0.15, 0.2) is 5.13 Å². The van der Waals surface area contributed by atoms with Gasteiger partial charge in [-0.05, 0) is 19.1 Å². The van der Waals surface area contributed by atoms with Gasteiger partial charge in [0.1, 0.15) is 10.9 Å². The predicted molar refractivity (Wildman–Crippen MR) is 143 cm³/mol. The smallest absolute Gasteiger partial charge is 0.259 e. The van der Waals surface area contributed by atoms with Crippen LogP contribution in [0, 0.1) is 6.92 Å². The van der Waals surface area contributed by atoms with Crippen molar-refractivity contribution >= 4 is 51.5 Å². The first kappa shape index (κ1) is 25.8. The lowest BCUT2D eigenvalue weighted by Crippen LogP contribution is -2.26. The molecule has 0 spiro atoms. The van der Waals surface area contributed by atoms with Gasteiger partial charge in [-0.2, -0.15) is 0 Å². The van der Waals surface area contributed by atoms with Crippen LogP contribution in [0.1, 0.15) is 37.0 Å². The van der Waals surface area contributed by atoms with Crippen molar-refractivity contribution in [1.29, 1.82) is 0 Å². The maximum atomic E-state index is 13.3. The van der Waals surface area contributed by atoms with Crippen LogP contribution >= 0.6 is 34.5 Å². The quantitative estimate of drug-likeness (QED) is 0.320. The summed E-state index contributed by atoms with van der Waals surface area (Å²) in [6.07, 6.45) is 4.40. The van der Waals surface area contributed by atoms with Crippen molar-refractivity contribution in [3.8, 4) is 22.8 Å². The Hall–Kier alpha value is -3.80. The van der Waals surface area contributed by atoms with Crippen LogP contribution in [0.15, 0.2) is 36.8 Å². The molecule has 10 nitrogen and oxygen atoms in total. The molecule has 1 aliphatic heterocycles.